The minimum Gasteiger partial charge on any atom is -0.434 e. The SMILES string of the molecule is CCCCCCCCCCOC(=O)Oc1c2ccccc2c(-c2c3ccccc3c(OC(=O)OCCCCCCCCCC)c3ccccc23)c2ccccc12. The number of hydrogen-bond donors (Lipinski definition) is 0. The van der Waals surface area contributed by atoms with Crippen LogP contribution in [0, 0.1) is 0 Å². The highest BCUT2D eigenvalue weighted by Gasteiger charge is 2.24. The second kappa shape index (κ2) is 21.3. The van der Waals surface area contributed by atoms with E-state index in [1.165, 1.54) is 64.2 Å². The van der Waals surface area contributed by atoms with Crippen LogP contribution in [0.5, 0.6) is 11.5 Å². The maximum absolute atomic E-state index is 13.2. The standard InChI is InChI=1S/C50H58O6/c1-3-5-7-9-11-13-15-25-35-53-49(51)55-47-41-31-21-17-27-37(41)45(38-28-18-22-32-42(38)47)46-39-29-19-23-33-43(39)48(44-34-24-20-30-40(44)46)56-50(52)54-36-26-16-14-12-10-8-6-4-2/h17-24,27-34H,3-16,25-26,35-36H2,1-2H3. The maximum Gasteiger partial charge on any atom is 0.513 e. The lowest BCUT2D eigenvalue weighted by Gasteiger charge is -2.21. The number of fused-ring (bicyclic) bond motifs is 4. The molecule has 0 saturated carbocycles. The number of carbonyl (C=O) groups is 2. The van der Waals surface area contributed by atoms with Crippen LogP contribution in [0.3, 0.4) is 0 Å². The summed E-state index contributed by atoms with van der Waals surface area (Å²) < 4.78 is 23.4. The summed E-state index contributed by atoms with van der Waals surface area (Å²) in [6.45, 7) is 5.13. The predicted molar refractivity (Wildman–Crippen MR) is 231 cm³/mol. The molecule has 6 aromatic rings. The summed E-state index contributed by atoms with van der Waals surface area (Å²) in [5.74, 6) is 0.961. The fourth-order valence-corrected chi connectivity index (χ4v) is 7.94. The quantitative estimate of drug-likeness (QED) is 0.0315. The molecule has 6 rings (SSSR count). The molecule has 294 valence electrons. The zero-order valence-corrected chi connectivity index (χ0v) is 33.4. The van der Waals surface area contributed by atoms with Crippen LogP contribution in [0.1, 0.15) is 117 Å². The molecule has 6 heteroatoms. The van der Waals surface area contributed by atoms with E-state index in [-0.39, 0.29) is 0 Å². The number of hydrogen-bond acceptors (Lipinski definition) is 6. The Bertz CT molecular complexity index is 1930. The maximum atomic E-state index is 13.2. The van der Waals surface area contributed by atoms with Crippen LogP contribution in [0.15, 0.2) is 97.1 Å². The fraction of sp³-hybridized carbons (Fsp3) is 0.400. The van der Waals surface area contributed by atoms with E-state index in [1.54, 1.807) is 0 Å². The van der Waals surface area contributed by atoms with E-state index >= 15 is 0 Å². The van der Waals surface area contributed by atoms with Gasteiger partial charge in [0.25, 0.3) is 0 Å². The van der Waals surface area contributed by atoms with Gasteiger partial charge in [0, 0.05) is 21.5 Å². The largest absolute Gasteiger partial charge is 0.513 e. The number of benzene rings is 6. The van der Waals surface area contributed by atoms with E-state index in [0.717, 1.165) is 92.7 Å². The normalized spacial score (nSPS) is 11.4. The molecular weight excluding hydrogens is 697 g/mol. The molecule has 0 amide bonds. The Morgan fingerprint density at radius 2 is 0.607 bits per heavy atom. The summed E-state index contributed by atoms with van der Waals surface area (Å²) in [6.07, 6.45) is 17.3. The Kier molecular flexibility index (Phi) is 15.4. The van der Waals surface area contributed by atoms with Gasteiger partial charge in [0.2, 0.25) is 0 Å². The van der Waals surface area contributed by atoms with Gasteiger partial charge in [0.05, 0.1) is 13.2 Å². The third kappa shape index (κ3) is 10.2. The zero-order valence-electron chi connectivity index (χ0n) is 33.4. The van der Waals surface area contributed by atoms with Crippen molar-refractivity contribution in [2.75, 3.05) is 13.2 Å². The number of ether oxygens (including phenoxy) is 4. The molecule has 0 bridgehead atoms. The van der Waals surface area contributed by atoms with Gasteiger partial charge in [-0.2, -0.15) is 0 Å². The van der Waals surface area contributed by atoms with E-state index in [1.807, 2.05) is 72.8 Å². The minimum absolute atomic E-state index is 0.334. The molecule has 0 spiro atoms. The average Bonchev–Trinajstić information content (AvgIpc) is 3.23. The fourth-order valence-electron chi connectivity index (χ4n) is 7.94. The molecule has 6 aromatic carbocycles. The molecule has 0 atom stereocenters. The van der Waals surface area contributed by atoms with Crippen LogP contribution >= 0.6 is 0 Å². The first-order chi connectivity index (χ1) is 27.6. The smallest absolute Gasteiger partial charge is 0.434 e. The highest BCUT2D eigenvalue weighted by atomic mass is 16.7. The molecule has 6 nitrogen and oxygen atoms in total. The molecule has 0 unspecified atom stereocenters. The first kappa shape index (κ1) is 40.6. The first-order valence-corrected chi connectivity index (χ1v) is 21.2. The Balaban J connectivity index is 1.28. The molecule has 0 radical (unpaired) electrons. The van der Waals surface area contributed by atoms with E-state index in [9.17, 15) is 9.59 Å². The number of rotatable bonds is 21. The predicted octanol–water partition coefficient (Wildman–Crippen LogP) is 15.3. The summed E-state index contributed by atoms with van der Waals surface area (Å²) in [7, 11) is 0. The lowest BCUT2D eigenvalue weighted by Crippen LogP contribution is -2.12. The van der Waals surface area contributed by atoms with Crippen molar-refractivity contribution in [1.29, 1.82) is 0 Å². The molecule has 0 fully saturated rings. The number of carbonyl (C=O) groups excluding carboxylic acids is 2. The lowest BCUT2D eigenvalue weighted by molar-refractivity contribution is 0.0972. The van der Waals surface area contributed by atoms with E-state index < -0.39 is 12.3 Å². The van der Waals surface area contributed by atoms with Gasteiger partial charge in [0.15, 0.2) is 0 Å². The van der Waals surface area contributed by atoms with Gasteiger partial charge < -0.3 is 18.9 Å². The molecule has 56 heavy (non-hydrogen) atoms. The van der Waals surface area contributed by atoms with Gasteiger partial charge >= 0.3 is 12.3 Å². The van der Waals surface area contributed by atoms with Crippen molar-refractivity contribution in [3.05, 3.63) is 97.1 Å². The molecule has 0 heterocycles. The van der Waals surface area contributed by atoms with Crippen LogP contribution in [-0.4, -0.2) is 25.5 Å². The molecule has 0 N–H and O–H groups in total. The summed E-state index contributed by atoms with van der Waals surface area (Å²) in [5, 5.41) is 6.98. The third-order valence-electron chi connectivity index (χ3n) is 10.8. The van der Waals surface area contributed by atoms with Gasteiger partial charge in [-0.3, -0.25) is 0 Å². The third-order valence-corrected chi connectivity index (χ3v) is 10.8. The summed E-state index contributed by atoms with van der Waals surface area (Å²) in [5.41, 5.74) is 2.01. The minimum atomic E-state index is -0.692. The second-order valence-electron chi connectivity index (χ2n) is 14.9. The van der Waals surface area contributed by atoms with Gasteiger partial charge in [-0.25, -0.2) is 9.59 Å². The average molecular weight is 755 g/mol. The highest BCUT2D eigenvalue weighted by Crippen LogP contribution is 2.49. The van der Waals surface area contributed by atoms with Crippen LogP contribution in [0.2, 0.25) is 0 Å². The van der Waals surface area contributed by atoms with E-state index in [4.69, 9.17) is 18.9 Å². The monoisotopic (exact) mass is 754 g/mol. The van der Waals surface area contributed by atoms with Crippen molar-refractivity contribution >= 4 is 55.4 Å². The number of unbranched alkanes of at least 4 members (excludes halogenated alkanes) is 14. The second-order valence-corrected chi connectivity index (χ2v) is 14.9. The Hall–Kier alpha value is -5.10. The van der Waals surface area contributed by atoms with E-state index in [0.29, 0.717) is 24.7 Å². The molecular formula is C50H58O6. The summed E-state index contributed by atoms with van der Waals surface area (Å²) in [6, 6.07) is 32.2. The zero-order chi connectivity index (χ0) is 39.0. The summed E-state index contributed by atoms with van der Waals surface area (Å²) >= 11 is 0. The van der Waals surface area contributed by atoms with Crippen molar-refractivity contribution in [3.63, 3.8) is 0 Å². The van der Waals surface area contributed by atoms with Crippen molar-refractivity contribution in [2.24, 2.45) is 0 Å². The van der Waals surface area contributed by atoms with Gasteiger partial charge in [-0.05, 0) is 45.5 Å². The highest BCUT2D eigenvalue weighted by molar-refractivity contribution is 6.26. The van der Waals surface area contributed by atoms with Gasteiger partial charge in [-0.1, -0.05) is 201 Å². The molecule has 0 aliphatic heterocycles. The summed E-state index contributed by atoms with van der Waals surface area (Å²) in [4.78, 5) is 26.4. The molecule has 0 aliphatic carbocycles. The van der Waals surface area contributed by atoms with Crippen molar-refractivity contribution in [2.45, 2.75) is 117 Å². The molecule has 0 aliphatic rings. The first-order valence-electron chi connectivity index (χ1n) is 21.2. The van der Waals surface area contributed by atoms with Crippen LogP contribution in [0.4, 0.5) is 9.59 Å². The Labute approximate surface area is 332 Å². The Morgan fingerprint density at radius 1 is 0.357 bits per heavy atom. The molecule has 0 aromatic heterocycles. The molecule has 0 saturated heterocycles. The van der Waals surface area contributed by atoms with E-state index in [2.05, 4.69) is 38.1 Å². The van der Waals surface area contributed by atoms with Gasteiger partial charge in [0.1, 0.15) is 11.5 Å². The van der Waals surface area contributed by atoms with Crippen molar-refractivity contribution < 1.29 is 28.5 Å². The van der Waals surface area contributed by atoms with Crippen LogP contribution in [-0.2, 0) is 9.47 Å². The van der Waals surface area contributed by atoms with Crippen LogP contribution in [0.25, 0.3) is 54.2 Å². The Morgan fingerprint density at radius 3 is 0.893 bits per heavy atom. The topological polar surface area (TPSA) is 71.1 Å². The van der Waals surface area contributed by atoms with Crippen molar-refractivity contribution in [3.8, 4) is 22.6 Å². The van der Waals surface area contributed by atoms with Crippen LogP contribution < -0.4 is 9.47 Å². The van der Waals surface area contributed by atoms with Gasteiger partial charge in [-0.15, -0.1) is 0 Å². The van der Waals surface area contributed by atoms with Crippen molar-refractivity contribution in [1.82, 2.24) is 0 Å². The lowest BCUT2D eigenvalue weighted by atomic mass is 9.85.